The minimum atomic E-state index is -0.378. The lowest BCUT2D eigenvalue weighted by atomic mass is 10.2. The predicted molar refractivity (Wildman–Crippen MR) is 113 cm³/mol. The first kappa shape index (κ1) is 20.6. The van der Waals surface area contributed by atoms with Gasteiger partial charge in [0.1, 0.15) is 16.5 Å². The number of carbonyl (C=O) groups excluding carboxylic acids is 2. The van der Waals surface area contributed by atoms with Gasteiger partial charge in [0.25, 0.3) is 5.91 Å². The van der Waals surface area contributed by atoms with Crippen LogP contribution in [-0.4, -0.2) is 49.5 Å². The van der Waals surface area contributed by atoms with E-state index in [2.05, 4.69) is 10.3 Å². The van der Waals surface area contributed by atoms with E-state index in [4.69, 9.17) is 9.47 Å². The van der Waals surface area contributed by atoms with E-state index in [1.807, 2.05) is 31.2 Å². The highest BCUT2D eigenvalue weighted by Gasteiger charge is 2.21. The monoisotopic (exact) mass is 413 g/mol. The van der Waals surface area contributed by atoms with Crippen LogP contribution >= 0.6 is 11.3 Å². The van der Waals surface area contributed by atoms with Crippen LogP contribution in [0.15, 0.2) is 42.5 Å². The molecule has 0 spiro atoms. The van der Waals surface area contributed by atoms with Gasteiger partial charge in [-0.3, -0.25) is 9.59 Å². The van der Waals surface area contributed by atoms with Crippen LogP contribution < -0.4 is 14.8 Å². The van der Waals surface area contributed by atoms with E-state index in [0.717, 1.165) is 15.2 Å². The summed E-state index contributed by atoms with van der Waals surface area (Å²) >= 11 is 1.56. The molecule has 0 fully saturated rings. The summed E-state index contributed by atoms with van der Waals surface area (Å²) < 4.78 is 11.4. The van der Waals surface area contributed by atoms with Gasteiger partial charge in [-0.1, -0.05) is 12.1 Å². The van der Waals surface area contributed by atoms with Crippen molar-refractivity contribution in [3.8, 4) is 11.5 Å². The zero-order chi connectivity index (χ0) is 21.0. The summed E-state index contributed by atoms with van der Waals surface area (Å²) in [7, 11) is 4.73. The molecule has 1 aromatic heterocycles. The first-order chi connectivity index (χ1) is 13.9. The van der Waals surface area contributed by atoms with Gasteiger partial charge in [0.05, 0.1) is 37.0 Å². The van der Waals surface area contributed by atoms with Crippen molar-refractivity contribution in [1.82, 2.24) is 15.2 Å². The van der Waals surface area contributed by atoms with Gasteiger partial charge in [-0.25, -0.2) is 4.98 Å². The molecule has 3 rings (SSSR count). The number of hydrogen-bond acceptors (Lipinski definition) is 6. The molecule has 0 aliphatic heterocycles. The van der Waals surface area contributed by atoms with Crippen molar-refractivity contribution in [1.29, 1.82) is 0 Å². The van der Waals surface area contributed by atoms with Crippen molar-refractivity contribution < 1.29 is 19.1 Å². The molecule has 2 aromatic carbocycles. The molecule has 1 heterocycles. The zero-order valence-corrected chi connectivity index (χ0v) is 17.6. The fraction of sp³-hybridized carbons (Fsp3) is 0.286. The third-order valence-electron chi connectivity index (χ3n) is 4.66. The lowest BCUT2D eigenvalue weighted by Gasteiger charge is -2.23. The standard InChI is InChI=1S/C21H23N3O4S/c1-13(21-23-17-7-5-6-8-18(17)29-21)24(2)19(25)12-22-20(26)14-9-15(27-3)11-16(10-14)28-4/h5-11,13H,12H2,1-4H3,(H,22,26). The van der Waals surface area contributed by atoms with E-state index in [9.17, 15) is 9.59 Å². The average molecular weight is 413 g/mol. The lowest BCUT2D eigenvalue weighted by Crippen LogP contribution is -2.39. The molecule has 0 radical (unpaired) electrons. The van der Waals surface area contributed by atoms with Crippen molar-refractivity contribution >= 4 is 33.4 Å². The quantitative estimate of drug-likeness (QED) is 0.643. The number of carbonyl (C=O) groups is 2. The summed E-state index contributed by atoms with van der Waals surface area (Å²) in [6, 6.07) is 12.5. The fourth-order valence-electron chi connectivity index (χ4n) is 2.77. The molecule has 2 amide bonds. The Bertz CT molecular complexity index is 978. The number of nitrogens with one attached hydrogen (secondary N) is 1. The molecule has 7 nitrogen and oxygen atoms in total. The van der Waals surface area contributed by atoms with Crippen LogP contribution in [0.2, 0.25) is 0 Å². The number of ether oxygens (including phenoxy) is 2. The largest absolute Gasteiger partial charge is 0.497 e. The van der Waals surface area contributed by atoms with Crippen LogP contribution in [0.4, 0.5) is 0 Å². The Morgan fingerprint density at radius 3 is 2.41 bits per heavy atom. The maximum atomic E-state index is 12.6. The van der Waals surface area contributed by atoms with E-state index in [0.29, 0.717) is 17.1 Å². The van der Waals surface area contributed by atoms with Crippen LogP contribution in [0.5, 0.6) is 11.5 Å². The second-order valence-electron chi connectivity index (χ2n) is 6.48. The molecule has 3 aromatic rings. The first-order valence-electron chi connectivity index (χ1n) is 9.05. The number of para-hydroxylation sites is 1. The van der Waals surface area contributed by atoms with Crippen molar-refractivity contribution in [2.75, 3.05) is 27.8 Å². The van der Waals surface area contributed by atoms with E-state index in [1.54, 1.807) is 41.5 Å². The Kier molecular flexibility index (Phi) is 6.33. The second kappa shape index (κ2) is 8.91. The van der Waals surface area contributed by atoms with Crippen LogP contribution in [-0.2, 0) is 4.79 Å². The Balaban J connectivity index is 1.64. The van der Waals surface area contributed by atoms with Crippen molar-refractivity contribution in [3.05, 3.63) is 53.0 Å². The highest BCUT2D eigenvalue weighted by molar-refractivity contribution is 7.18. The van der Waals surface area contributed by atoms with Gasteiger partial charge in [0, 0.05) is 18.7 Å². The summed E-state index contributed by atoms with van der Waals surface area (Å²) in [6.07, 6.45) is 0. The predicted octanol–water partition coefficient (Wildman–Crippen LogP) is 3.26. The molecule has 0 bridgehead atoms. The van der Waals surface area contributed by atoms with E-state index < -0.39 is 0 Å². The van der Waals surface area contributed by atoms with Crippen molar-refractivity contribution in [2.45, 2.75) is 13.0 Å². The normalized spacial score (nSPS) is 11.7. The summed E-state index contributed by atoms with van der Waals surface area (Å²) in [4.78, 5) is 31.2. The van der Waals surface area contributed by atoms with Crippen molar-refractivity contribution in [3.63, 3.8) is 0 Å². The number of nitrogens with zero attached hydrogens (tertiary/aromatic N) is 2. The van der Waals surface area contributed by atoms with Gasteiger partial charge >= 0.3 is 0 Å². The summed E-state index contributed by atoms with van der Waals surface area (Å²) in [6.45, 7) is 1.80. The molecular formula is C21H23N3O4S. The molecular weight excluding hydrogens is 390 g/mol. The molecule has 0 aliphatic rings. The number of benzene rings is 2. The highest BCUT2D eigenvalue weighted by atomic mass is 32.1. The number of methoxy groups -OCH3 is 2. The number of hydrogen-bond donors (Lipinski definition) is 1. The van der Waals surface area contributed by atoms with Crippen LogP contribution in [0, 0.1) is 0 Å². The van der Waals surface area contributed by atoms with E-state index in [-0.39, 0.29) is 24.4 Å². The number of rotatable bonds is 7. The number of amides is 2. The van der Waals surface area contributed by atoms with Gasteiger partial charge in [-0.2, -0.15) is 0 Å². The average Bonchev–Trinajstić information content (AvgIpc) is 3.19. The summed E-state index contributed by atoms with van der Waals surface area (Å²) in [5.74, 6) is 0.418. The minimum absolute atomic E-state index is 0.121. The highest BCUT2D eigenvalue weighted by Crippen LogP contribution is 2.28. The molecule has 0 aliphatic carbocycles. The van der Waals surface area contributed by atoms with Crippen molar-refractivity contribution in [2.24, 2.45) is 0 Å². The van der Waals surface area contributed by atoms with Gasteiger partial charge in [0.15, 0.2) is 0 Å². The van der Waals surface area contributed by atoms with Gasteiger partial charge in [-0.15, -0.1) is 11.3 Å². The van der Waals surface area contributed by atoms with Crippen LogP contribution in [0.1, 0.15) is 28.3 Å². The van der Waals surface area contributed by atoms with E-state index in [1.165, 1.54) is 14.2 Å². The van der Waals surface area contributed by atoms with Gasteiger partial charge < -0.3 is 19.7 Å². The van der Waals surface area contributed by atoms with Gasteiger partial charge in [-0.05, 0) is 31.2 Å². The maximum Gasteiger partial charge on any atom is 0.251 e. The summed E-state index contributed by atoms with van der Waals surface area (Å²) in [5, 5.41) is 3.51. The number of fused-ring (bicyclic) bond motifs is 1. The number of aromatic nitrogens is 1. The third kappa shape index (κ3) is 4.65. The lowest BCUT2D eigenvalue weighted by molar-refractivity contribution is -0.130. The number of likely N-dealkylation sites (N-methyl/N-ethyl adjacent to an activating group) is 1. The third-order valence-corrected chi connectivity index (χ3v) is 5.86. The minimum Gasteiger partial charge on any atom is -0.497 e. The molecule has 1 unspecified atom stereocenters. The molecule has 152 valence electrons. The van der Waals surface area contributed by atoms with E-state index >= 15 is 0 Å². The Labute approximate surface area is 173 Å². The van der Waals surface area contributed by atoms with Crippen LogP contribution in [0.25, 0.3) is 10.2 Å². The maximum absolute atomic E-state index is 12.6. The zero-order valence-electron chi connectivity index (χ0n) is 16.8. The van der Waals surface area contributed by atoms with Crippen LogP contribution in [0.3, 0.4) is 0 Å². The summed E-state index contributed by atoms with van der Waals surface area (Å²) in [5.41, 5.74) is 1.27. The smallest absolute Gasteiger partial charge is 0.251 e. The Hall–Kier alpha value is -3.13. The SMILES string of the molecule is COc1cc(OC)cc(C(=O)NCC(=O)N(C)C(C)c2nc3ccccc3s2)c1. The molecule has 1 N–H and O–H groups in total. The van der Waals surface area contributed by atoms with Gasteiger partial charge in [0.2, 0.25) is 5.91 Å². The molecule has 0 saturated carbocycles. The molecule has 8 heteroatoms. The topological polar surface area (TPSA) is 80.8 Å². The first-order valence-corrected chi connectivity index (χ1v) is 9.87. The Morgan fingerprint density at radius 1 is 1.14 bits per heavy atom. The molecule has 1 atom stereocenters. The molecule has 0 saturated heterocycles. The Morgan fingerprint density at radius 2 is 1.79 bits per heavy atom. The fourth-order valence-corrected chi connectivity index (χ4v) is 3.83. The molecule has 29 heavy (non-hydrogen) atoms. The second-order valence-corrected chi connectivity index (χ2v) is 7.55. The number of thiazole rings is 1.